The minimum absolute atomic E-state index is 0.0320. The van der Waals surface area contributed by atoms with E-state index in [9.17, 15) is 22.3 Å². The van der Waals surface area contributed by atoms with Crippen LogP contribution in [0.25, 0.3) is 5.69 Å². The molecule has 184 valence electrons. The van der Waals surface area contributed by atoms with Crippen LogP contribution in [0.5, 0.6) is 0 Å². The second-order valence-electron chi connectivity index (χ2n) is 9.14. The number of halogens is 2. The van der Waals surface area contributed by atoms with Crippen LogP contribution in [0.15, 0.2) is 70.8 Å². The molecule has 0 saturated carbocycles. The van der Waals surface area contributed by atoms with Crippen molar-refractivity contribution >= 4 is 10.0 Å². The van der Waals surface area contributed by atoms with Gasteiger partial charge in [0.15, 0.2) is 0 Å². The summed E-state index contributed by atoms with van der Waals surface area (Å²) >= 11 is 0. The first-order chi connectivity index (χ1) is 16.8. The van der Waals surface area contributed by atoms with E-state index in [1.807, 2.05) is 10.9 Å². The number of benzene rings is 2. The van der Waals surface area contributed by atoms with Gasteiger partial charge in [0.2, 0.25) is 10.0 Å². The maximum Gasteiger partial charge on any atom is 0.246 e. The molecule has 1 N–H and O–H groups in total. The number of hydrogen-bond donors (Lipinski definition) is 1. The molecule has 0 spiro atoms. The predicted molar refractivity (Wildman–Crippen MR) is 128 cm³/mol. The van der Waals surface area contributed by atoms with E-state index in [0.29, 0.717) is 6.42 Å². The lowest BCUT2D eigenvalue weighted by Gasteiger charge is -2.30. The van der Waals surface area contributed by atoms with Gasteiger partial charge in [-0.25, -0.2) is 21.9 Å². The summed E-state index contributed by atoms with van der Waals surface area (Å²) in [6, 6.07) is 11.6. The summed E-state index contributed by atoms with van der Waals surface area (Å²) in [4.78, 5) is -0.375. The molecule has 2 aliphatic carbocycles. The van der Waals surface area contributed by atoms with Crippen molar-refractivity contribution in [3.63, 3.8) is 0 Å². The van der Waals surface area contributed by atoms with E-state index in [-0.39, 0.29) is 42.2 Å². The highest BCUT2D eigenvalue weighted by Gasteiger charge is 2.39. The maximum absolute atomic E-state index is 14.4. The number of rotatable bonds is 7. The number of hydrogen-bond acceptors (Lipinski definition) is 4. The van der Waals surface area contributed by atoms with Crippen molar-refractivity contribution in [1.29, 1.82) is 0 Å². The standard InChI is InChI=1S/C26H27F2N3O3S/c1-17-22-15-29-31(21-10-8-20(27)9-11-21)24(22)14-18-6-7-19(26(17)18)16-30(12-13-32)35(33,34)25-5-3-2-4-23(25)28/h2-5,8-11,15,17,19,32H,6-7,12-14,16H2,1H3/t17-,19+/m0/s1. The van der Waals surface area contributed by atoms with E-state index >= 15 is 0 Å². The molecule has 6 nitrogen and oxygen atoms in total. The molecule has 9 heteroatoms. The third kappa shape index (κ3) is 4.22. The second kappa shape index (κ2) is 9.29. The number of aromatic nitrogens is 2. The summed E-state index contributed by atoms with van der Waals surface area (Å²) in [6.07, 6.45) is 4.16. The molecule has 0 amide bonds. The van der Waals surface area contributed by atoms with Gasteiger partial charge < -0.3 is 5.11 Å². The third-order valence-corrected chi connectivity index (χ3v) is 9.06. The van der Waals surface area contributed by atoms with Crippen LogP contribution in [0, 0.1) is 17.6 Å². The zero-order valence-electron chi connectivity index (χ0n) is 19.4. The smallest absolute Gasteiger partial charge is 0.246 e. The molecule has 0 aliphatic heterocycles. The molecule has 0 saturated heterocycles. The zero-order valence-corrected chi connectivity index (χ0v) is 20.2. The van der Waals surface area contributed by atoms with Crippen LogP contribution < -0.4 is 0 Å². The van der Waals surface area contributed by atoms with Gasteiger partial charge in [-0.2, -0.15) is 9.40 Å². The number of sulfonamides is 1. The molecule has 0 unspecified atom stereocenters. The number of aliphatic hydroxyl groups is 1. The number of aliphatic hydroxyl groups excluding tert-OH is 1. The molecule has 3 aromatic rings. The lowest BCUT2D eigenvalue weighted by molar-refractivity contribution is 0.243. The van der Waals surface area contributed by atoms with E-state index in [1.54, 1.807) is 12.1 Å². The summed E-state index contributed by atoms with van der Waals surface area (Å²) < 4.78 is 57.4. The molecule has 2 aliphatic rings. The van der Waals surface area contributed by atoms with Crippen molar-refractivity contribution in [3.05, 3.63) is 88.8 Å². The number of allylic oxidation sites excluding steroid dienone is 1. The molecule has 2 atom stereocenters. The Morgan fingerprint density at radius 2 is 1.89 bits per heavy atom. The number of fused-ring (bicyclic) bond motifs is 1. The summed E-state index contributed by atoms with van der Waals surface area (Å²) in [5.74, 6) is -1.09. The van der Waals surface area contributed by atoms with Gasteiger partial charge in [0, 0.05) is 31.0 Å². The predicted octanol–water partition coefficient (Wildman–Crippen LogP) is 4.20. The molecule has 5 rings (SSSR count). The highest BCUT2D eigenvalue weighted by molar-refractivity contribution is 7.89. The maximum atomic E-state index is 14.4. The van der Waals surface area contributed by atoms with E-state index in [4.69, 9.17) is 0 Å². The Morgan fingerprint density at radius 3 is 2.60 bits per heavy atom. The molecule has 0 radical (unpaired) electrons. The summed E-state index contributed by atoms with van der Waals surface area (Å²) in [5.41, 5.74) is 5.41. The van der Waals surface area contributed by atoms with E-state index < -0.39 is 15.8 Å². The third-order valence-electron chi connectivity index (χ3n) is 7.16. The van der Waals surface area contributed by atoms with Gasteiger partial charge in [-0.1, -0.05) is 30.2 Å². The Balaban J connectivity index is 1.43. The van der Waals surface area contributed by atoms with Crippen LogP contribution in [-0.4, -0.2) is 47.3 Å². The Hall–Kier alpha value is -2.88. The fraction of sp³-hybridized carbons (Fsp3) is 0.346. The molecular weight excluding hydrogens is 472 g/mol. The van der Waals surface area contributed by atoms with Crippen molar-refractivity contribution < 1.29 is 22.3 Å². The first kappa shape index (κ1) is 23.8. The lowest BCUT2D eigenvalue weighted by atomic mass is 9.80. The van der Waals surface area contributed by atoms with Crippen molar-refractivity contribution in [1.82, 2.24) is 14.1 Å². The molecule has 1 heterocycles. The van der Waals surface area contributed by atoms with Gasteiger partial charge in [0.05, 0.1) is 24.2 Å². The fourth-order valence-corrected chi connectivity index (χ4v) is 7.08. The van der Waals surface area contributed by atoms with Crippen LogP contribution in [0.3, 0.4) is 0 Å². The average molecular weight is 500 g/mol. The Labute approximate surface area is 203 Å². The van der Waals surface area contributed by atoms with Crippen LogP contribution in [0.1, 0.15) is 36.9 Å². The van der Waals surface area contributed by atoms with Crippen molar-refractivity contribution in [2.24, 2.45) is 5.92 Å². The minimum atomic E-state index is -4.10. The first-order valence-corrected chi connectivity index (χ1v) is 13.2. The van der Waals surface area contributed by atoms with Crippen LogP contribution in [0.4, 0.5) is 8.78 Å². The van der Waals surface area contributed by atoms with Crippen molar-refractivity contribution in [3.8, 4) is 5.69 Å². The minimum Gasteiger partial charge on any atom is -0.395 e. The molecular formula is C26H27F2N3O3S. The monoisotopic (exact) mass is 499 g/mol. The quantitative estimate of drug-likeness (QED) is 0.495. The van der Waals surface area contributed by atoms with Gasteiger partial charge in [0.25, 0.3) is 0 Å². The fourth-order valence-electron chi connectivity index (χ4n) is 5.54. The molecule has 0 fully saturated rings. The molecule has 0 bridgehead atoms. The zero-order chi connectivity index (χ0) is 24.7. The van der Waals surface area contributed by atoms with Gasteiger partial charge in [-0.05, 0) is 55.2 Å². The Morgan fingerprint density at radius 1 is 1.14 bits per heavy atom. The van der Waals surface area contributed by atoms with Gasteiger partial charge >= 0.3 is 0 Å². The van der Waals surface area contributed by atoms with Crippen molar-refractivity contribution in [2.45, 2.75) is 37.0 Å². The highest BCUT2D eigenvalue weighted by atomic mass is 32.2. The first-order valence-electron chi connectivity index (χ1n) is 11.7. The van der Waals surface area contributed by atoms with E-state index in [2.05, 4.69) is 12.0 Å². The van der Waals surface area contributed by atoms with Crippen LogP contribution >= 0.6 is 0 Å². The van der Waals surface area contributed by atoms with Gasteiger partial charge in [-0.15, -0.1) is 0 Å². The number of nitrogens with zero attached hydrogens (tertiary/aromatic N) is 3. The van der Waals surface area contributed by atoms with Crippen molar-refractivity contribution in [2.75, 3.05) is 19.7 Å². The van der Waals surface area contributed by atoms with Crippen LogP contribution in [-0.2, 0) is 16.4 Å². The highest BCUT2D eigenvalue weighted by Crippen LogP contribution is 2.47. The molecule has 35 heavy (non-hydrogen) atoms. The summed E-state index contributed by atoms with van der Waals surface area (Å²) in [7, 11) is -4.10. The SMILES string of the molecule is C[C@@H]1C2=C(CC[C@@H]2CN(CCO)S(=O)(=O)c2ccccc2F)Cc2c1cnn2-c1ccc(F)cc1. The second-order valence-corrected chi connectivity index (χ2v) is 11.1. The Bertz CT molecular complexity index is 1380. The largest absolute Gasteiger partial charge is 0.395 e. The Kier molecular flexibility index (Phi) is 6.33. The van der Waals surface area contributed by atoms with Gasteiger partial charge in [0.1, 0.15) is 16.5 Å². The topological polar surface area (TPSA) is 75.4 Å². The lowest BCUT2D eigenvalue weighted by Crippen LogP contribution is -2.38. The van der Waals surface area contributed by atoms with Gasteiger partial charge in [-0.3, -0.25) is 0 Å². The van der Waals surface area contributed by atoms with E-state index in [0.717, 1.165) is 35.9 Å². The van der Waals surface area contributed by atoms with E-state index in [1.165, 1.54) is 45.8 Å². The summed E-state index contributed by atoms with van der Waals surface area (Å²) in [6.45, 7) is 1.83. The van der Waals surface area contributed by atoms with Crippen LogP contribution in [0.2, 0.25) is 0 Å². The average Bonchev–Trinajstić information content (AvgIpc) is 3.44. The molecule has 1 aromatic heterocycles. The molecule has 2 aromatic carbocycles. The normalized spacial score (nSPS) is 19.8. The summed E-state index contributed by atoms with van der Waals surface area (Å²) in [5, 5.41) is 14.2.